The first kappa shape index (κ1) is 16.3. The number of hydrogen-bond donors (Lipinski definition) is 1. The molecular weight excluding hydrogens is 303 g/mol. The van der Waals surface area contributed by atoms with Crippen molar-refractivity contribution in [1.29, 1.82) is 0 Å². The van der Waals surface area contributed by atoms with Gasteiger partial charge in [0.2, 0.25) is 0 Å². The minimum Gasteiger partial charge on any atom is -0.327 e. The van der Waals surface area contributed by atoms with Crippen LogP contribution in [0.4, 0.5) is 13.2 Å². The largest absolute Gasteiger partial charge is 0.403 e. The molecule has 2 rings (SSSR count). The van der Waals surface area contributed by atoms with E-state index in [1.165, 1.54) is 12.1 Å². The van der Waals surface area contributed by atoms with Gasteiger partial charge in [0, 0.05) is 6.04 Å². The smallest absolute Gasteiger partial charge is 0.327 e. The Morgan fingerprint density at radius 1 is 1.24 bits per heavy atom. The number of rotatable bonds is 4. The van der Waals surface area contributed by atoms with Crippen LogP contribution in [-0.2, 0) is 9.84 Å². The van der Waals surface area contributed by atoms with Gasteiger partial charge >= 0.3 is 6.18 Å². The van der Waals surface area contributed by atoms with Crippen molar-refractivity contribution in [3.63, 3.8) is 0 Å². The van der Waals surface area contributed by atoms with E-state index < -0.39 is 21.8 Å². The maximum atomic E-state index is 12.3. The zero-order valence-electron chi connectivity index (χ0n) is 11.6. The van der Waals surface area contributed by atoms with Crippen LogP contribution < -0.4 is 5.73 Å². The Balaban J connectivity index is 2.16. The van der Waals surface area contributed by atoms with E-state index in [0.29, 0.717) is 5.92 Å². The zero-order valence-corrected chi connectivity index (χ0v) is 12.4. The van der Waals surface area contributed by atoms with Crippen molar-refractivity contribution in [2.24, 2.45) is 11.7 Å². The van der Waals surface area contributed by atoms with Gasteiger partial charge in [0.15, 0.2) is 15.6 Å². The molecule has 1 aliphatic carbocycles. The highest BCUT2D eigenvalue weighted by Gasteiger charge is 2.39. The fourth-order valence-electron chi connectivity index (χ4n) is 2.94. The summed E-state index contributed by atoms with van der Waals surface area (Å²) in [6, 6.07) is 5.86. The fraction of sp³-hybridized carbons (Fsp3) is 0.571. The Morgan fingerprint density at radius 3 is 2.24 bits per heavy atom. The molecule has 3 unspecified atom stereocenters. The normalized spacial score (nSPS) is 26.4. The summed E-state index contributed by atoms with van der Waals surface area (Å²) in [6.45, 7) is 2.04. The lowest BCUT2D eigenvalue weighted by atomic mass is 9.65. The molecule has 0 radical (unpaired) electrons. The minimum atomic E-state index is -4.73. The van der Waals surface area contributed by atoms with E-state index in [2.05, 4.69) is 0 Å². The first-order chi connectivity index (χ1) is 9.64. The lowest BCUT2D eigenvalue weighted by Gasteiger charge is -2.42. The molecule has 0 amide bonds. The molecular formula is C14H18F3NO2S. The monoisotopic (exact) mass is 321 g/mol. The third-order valence-corrected chi connectivity index (χ3v) is 5.78. The Hall–Kier alpha value is -1.08. The van der Waals surface area contributed by atoms with E-state index in [4.69, 9.17) is 5.73 Å². The lowest BCUT2D eigenvalue weighted by molar-refractivity contribution is -0.106. The van der Waals surface area contributed by atoms with E-state index >= 15 is 0 Å². The van der Waals surface area contributed by atoms with Crippen molar-refractivity contribution in [3.05, 3.63) is 29.8 Å². The molecule has 1 aliphatic rings. The molecule has 1 fully saturated rings. The van der Waals surface area contributed by atoms with Gasteiger partial charge in [0.1, 0.15) is 0 Å². The van der Waals surface area contributed by atoms with Gasteiger partial charge < -0.3 is 5.73 Å². The molecule has 3 nitrogen and oxygen atoms in total. The summed E-state index contributed by atoms with van der Waals surface area (Å²) in [5.74, 6) is -1.21. The van der Waals surface area contributed by atoms with Crippen LogP contribution >= 0.6 is 0 Å². The average Bonchev–Trinajstić information content (AvgIpc) is 2.33. The van der Waals surface area contributed by atoms with Crippen molar-refractivity contribution >= 4 is 9.84 Å². The van der Waals surface area contributed by atoms with E-state index in [-0.39, 0.29) is 16.9 Å². The van der Waals surface area contributed by atoms with Gasteiger partial charge in [-0.3, -0.25) is 0 Å². The third kappa shape index (κ3) is 3.58. The third-order valence-electron chi connectivity index (χ3n) is 4.09. The summed E-state index contributed by atoms with van der Waals surface area (Å²) in [7, 11) is -4.33. The van der Waals surface area contributed by atoms with E-state index in [9.17, 15) is 21.6 Å². The van der Waals surface area contributed by atoms with E-state index in [0.717, 1.165) is 18.4 Å². The van der Waals surface area contributed by atoms with Crippen LogP contribution in [0.2, 0.25) is 0 Å². The molecule has 0 spiro atoms. The van der Waals surface area contributed by atoms with Crippen molar-refractivity contribution in [3.8, 4) is 0 Å². The van der Waals surface area contributed by atoms with Crippen LogP contribution in [0, 0.1) is 5.92 Å². The molecule has 7 heteroatoms. The van der Waals surface area contributed by atoms with Gasteiger partial charge in [-0.1, -0.05) is 25.5 Å². The Kier molecular flexibility index (Phi) is 4.35. The summed E-state index contributed by atoms with van der Waals surface area (Å²) in [5.41, 5.74) is 6.85. The first-order valence-corrected chi connectivity index (χ1v) is 8.44. The average molecular weight is 321 g/mol. The van der Waals surface area contributed by atoms with Crippen molar-refractivity contribution in [2.75, 3.05) is 5.75 Å². The maximum Gasteiger partial charge on any atom is 0.403 e. The summed E-state index contributed by atoms with van der Waals surface area (Å²) in [4.78, 5) is -0.291. The summed E-state index contributed by atoms with van der Waals surface area (Å²) < 4.78 is 60.1. The fourth-order valence-corrected chi connectivity index (χ4v) is 4.09. The number of hydrogen-bond acceptors (Lipinski definition) is 3. The standard InChI is InChI=1S/C14H18F3NO2S/c1-2-11-12(7-13(11)18)9-3-5-10(6-4-9)21(19,20)8-14(15,16)17/h3-6,11-13H,2,7-8,18H2,1H3. The number of nitrogens with two attached hydrogens (primary N) is 1. The van der Waals surface area contributed by atoms with Gasteiger partial charge in [-0.2, -0.15) is 13.2 Å². The number of halogens is 3. The van der Waals surface area contributed by atoms with Crippen LogP contribution in [0.1, 0.15) is 31.2 Å². The van der Waals surface area contributed by atoms with E-state index in [1.807, 2.05) is 6.92 Å². The molecule has 21 heavy (non-hydrogen) atoms. The molecule has 2 N–H and O–H groups in total. The zero-order chi connectivity index (χ0) is 15.8. The van der Waals surface area contributed by atoms with Gasteiger partial charge in [-0.05, 0) is 36.0 Å². The molecule has 1 aromatic carbocycles. The Bertz CT molecular complexity index is 596. The van der Waals surface area contributed by atoms with Crippen LogP contribution in [-0.4, -0.2) is 26.4 Å². The van der Waals surface area contributed by atoms with Gasteiger partial charge in [0.25, 0.3) is 0 Å². The highest BCUT2D eigenvalue weighted by atomic mass is 32.2. The Morgan fingerprint density at radius 2 is 1.81 bits per heavy atom. The van der Waals surface area contributed by atoms with Gasteiger partial charge in [-0.15, -0.1) is 0 Å². The van der Waals surface area contributed by atoms with Gasteiger partial charge in [-0.25, -0.2) is 8.42 Å². The second-order valence-electron chi connectivity index (χ2n) is 5.52. The SMILES string of the molecule is CCC1C(N)CC1c1ccc(S(=O)(=O)CC(F)(F)F)cc1. The predicted octanol–water partition coefficient (Wildman–Crippen LogP) is 2.86. The molecule has 0 saturated heterocycles. The molecule has 0 aromatic heterocycles. The van der Waals surface area contributed by atoms with Crippen LogP contribution in [0.5, 0.6) is 0 Å². The molecule has 0 bridgehead atoms. The highest BCUT2D eigenvalue weighted by Crippen LogP contribution is 2.43. The highest BCUT2D eigenvalue weighted by molar-refractivity contribution is 7.91. The van der Waals surface area contributed by atoms with Crippen LogP contribution in [0.25, 0.3) is 0 Å². The Labute approximate surface area is 122 Å². The summed E-state index contributed by atoms with van der Waals surface area (Å²) in [5, 5.41) is 0. The lowest BCUT2D eigenvalue weighted by Crippen LogP contribution is -2.45. The second kappa shape index (κ2) is 5.61. The quantitative estimate of drug-likeness (QED) is 0.927. The van der Waals surface area contributed by atoms with Crippen LogP contribution in [0.3, 0.4) is 0 Å². The van der Waals surface area contributed by atoms with Crippen molar-refractivity contribution in [1.82, 2.24) is 0 Å². The maximum absolute atomic E-state index is 12.3. The van der Waals surface area contributed by atoms with E-state index in [1.54, 1.807) is 12.1 Å². The topological polar surface area (TPSA) is 60.2 Å². The predicted molar refractivity (Wildman–Crippen MR) is 73.7 cm³/mol. The second-order valence-corrected chi connectivity index (χ2v) is 7.51. The summed E-state index contributed by atoms with van der Waals surface area (Å²) >= 11 is 0. The molecule has 1 aromatic rings. The minimum absolute atomic E-state index is 0.147. The number of benzene rings is 1. The molecule has 0 aliphatic heterocycles. The number of alkyl halides is 3. The number of sulfone groups is 1. The molecule has 118 valence electrons. The van der Waals surface area contributed by atoms with Gasteiger partial charge in [0.05, 0.1) is 4.90 Å². The molecule has 1 saturated carbocycles. The van der Waals surface area contributed by atoms with Crippen LogP contribution in [0.15, 0.2) is 29.2 Å². The summed E-state index contributed by atoms with van der Waals surface area (Å²) in [6.07, 6.45) is -2.97. The molecule has 0 heterocycles. The first-order valence-electron chi connectivity index (χ1n) is 6.79. The van der Waals surface area contributed by atoms with Crippen molar-refractivity contribution < 1.29 is 21.6 Å². The molecule has 3 atom stereocenters. The van der Waals surface area contributed by atoms with Crippen molar-refractivity contribution in [2.45, 2.75) is 42.8 Å².